The number of nitrogens with zero attached hydrogens (tertiary/aromatic N) is 4. The monoisotopic (exact) mass is 358 g/mol. The van der Waals surface area contributed by atoms with Crippen LogP contribution in [0.3, 0.4) is 0 Å². The van der Waals surface area contributed by atoms with Crippen LogP contribution in [0.1, 0.15) is 5.56 Å². The Labute approximate surface area is 156 Å². The number of hydrogen-bond acceptors (Lipinski definition) is 6. The van der Waals surface area contributed by atoms with E-state index in [1.54, 1.807) is 16.8 Å². The van der Waals surface area contributed by atoms with Gasteiger partial charge in [0.2, 0.25) is 0 Å². The molecule has 2 heterocycles. The van der Waals surface area contributed by atoms with Gasteiger partial charge in [-0.05, 0) is 42.0 Å². The summed E-state index contributed by atoms with van der Waals surface area (Å²) in [7, 11) is 0. The first-order valence-electron chi connectivity index (χ1n) is 8.42. The van der Waals surface area contributed by atoms with Gasteiger partial charge in [0.1, 0.15) is 28.8 Å². The fraction of sp³-hybridized carbons (Fsp3) is 0.0500. The van der Waals surface area contributed by atoms with Gasteiger partial charge < -0.3 is 16.2 Å². The molecule has 4 N–H and O–H groups in total. The molecule has 0 fully saturated rings. The zero-order valence-corrected chi connectivity index (χ0v) is 14.5. The maximum Gasteiger partial charge on any atom is 0.135 e. The van der Waals surface area contributed by atoms with Crippen LogP contribution in [0.15, 0.2) is 72.9 Å². The van der Waals surface area contributed by atoms with E-state index in [4.69, 9.17) is 16.2 Å². The van der Waals surface area contributed by atoms with Gasteiger partial charge in [-0.25, -0.2) is 9.67 Å². The number of pyridine rings is 1. The lowest BCUT2D eigenvalue weighted by molar-refractivity contribution is 0.482. The van der Waals surface area contributed by atoms with Crippen molar-refractivity contribution in [2.75, 3.05) is 11.5 Å². The third kappa shape index (κ3) is 3.87. The van der Waals surface area contributed by atoms with Gasteiger partial charge in [-0.1, -0.05) is 35.5 Å². The second kappa shape index (κ2) is 7.17. The molecule has 27 heavy (non-hydrogen) atoms. The van der Waals surface area contributed by atoms with Gasteiger partial charge >= 0.3 is 0 Å². The molecule has 0 atom stereocenters. The summed E-state index contributed by atoms with van der Waals surface area (Å²) in [5, 5.41) is 8.34. The van der Waals surface area contributed by atoms with E-state index >= 15 is 0 Å². The predicted octanol–water partition coefficient (Wildman–Crippen LogP) is 3.35. The third-order valence-electron chi connectivity index (χ3n) is 4.01. The summed E-state index contributed by atoms with van der Waals surface area (Å²) in [6, 6.07) is 21.0. The Balaban J connectivity index is 1.46. The van der Waals surface area contributed by atoms with Gasteiger partial charge in [0.15, 0.2) is 0 Å². The molecule has 134 valence electrons. The van der Waals surface area contributed by atoms with E-state index in [1.165, 1.54) is 0 Å². The van der Waals surface area contributed by atoms with Crippen molar-refractivity contribution in [1.82, 2.24) is 20.0 Å². The van der Waals surface area contributed by atoms with Crippen molar-refractivity contribution < 1.29 is 4.74 Å². The van der Waals surface area contributed by atoms with Crippen molar-refractivity contribution in [2.24, 2.45) is 0 Å². The fourth-order valence-electron chi connectivity index (χ4n) is 2.68. The van der Waals surface area contributed by atoms with Crippen LogP contribution in [0.2, 0.25) is 0 Å². The zero-order chi connectivity index (χ0) is 18.6. The lowest BCUT2D eigenvalue weighted by Crippen LogP contribution is -2.00. The number of para-hydroxylation sites is 1. The zero-order valence-electron chi connectivity index (χ0n) is 14.5. The van der Waals surface area contributed by atoms with Crippen molar-refractivity contribution in [1.29, 1.82) is 0 Å². The number of nitrogen functional groups attached to an aromatic ring is 2. The van der Waals surface area contributed by atoms with E-state index < -0.39 is 0 Å². The molecule has 2 aromatic carbocycles. The minimum absolute atomic E-state index is 0.337. The smallest absolute Gasteiger partial charge is 0.135 e. The molecule has 4 rings (SSSR count). The first-order chi connectivity index (χ1) is 13.2. The number of anilines is 2. The molecule has 0 saturated heterocycles. The molecule has 0 unspecified atom stereocenters. The maximum atomic E-state index is 5.91. The van der Waals surface area contributed by atoms with Gasteiger partial charge in [0, 0.05) is 5.56 Å². The SMILES string of the molecule is Nc1ccc(-c2cn(Cc3ccc(Oc4ccccc4)cc3)nn2)c(N)n1. The van der Waals surface area contributed by atoms with Crippen molar-refractivity contribution >= 4 is 11.6 Å². The molecule has 0 amide bonds. The predicted molar refractivity (Wildman–Crippen MR) is 104 cm³/mol. The largest absolute Gasteiger partial charge is 0.457 e. The summed E-state index contributed by atoms with van der Waals surface area (Å²) in [5.74, 6) is 2.30. The van der Waals surface area contributed by atoms with E-state index in [9.17, 15) is 0 Å². The van der Waals surface area contributed by atoms with Crippen LogP contribution >= 0.6 is 0 Å². The molecule has 0 aliphatic rings. The summed E-state index contributed by atoms with van der Waals surface area (Å²) in [5.41, 5.74) is 14.0. The summed E-state index contributed by atoms with van der Waals surface area (Å²) in [4.78, 5) is 4.05. The molecule has 7 heteroatoms. The second-order valence-electron chi connectivity index (χ2n) is 6.03. The van der Waals surface area contributed by atoms with E-state index in [1.807, 2.05) is 60.8 Å². The van der Waals surface area contributed by atoms with E-state index in [0.29, 0.717) is 29.4 Å². The molecule has 0 radical (unpaired) electrons. The van der Waals surface area contributed by atoms with Crippen molar-refractivity contribution in [3.63, 3.8) is 0 Å². The van der Waals surface area contributed by atoms with Crippen LogP contribution < -0.4 is 16.2 Å². The Kier molecular flexibility index (Phi) is 4.40. The number of hydrogen-bond donors (Lipinski definition) is 2. The highest BCUT2D eigenvalue weighted by molar-refractivity contribution is 5.71. The number of ether oxygens (including phenoxy) is 1. The van der Waals surface area contributed by atoms with Gasteiger partial charge in [-0.2, -0.15) is 0 Å². The van der Waals surface area contributed by atoms with Crippen LogP contribution in [0.4, 0.5) is 11.6 Å². The standard InChI is InChI=1S/C20H18N6O/c21-19-11-10-17(20(22)23-19)18-13-26(25-24-18)12-14-6-8-16(9-7-14)27-15-4-2-1-3-5-15/h1-11,13H,12H2,(H4,21,22,23). The highest BCUT2D eigenvalue weighted by atomic mass is 16.5. The molecule has 2 aromatic heterocycles. The molecular formula is C20H18N6O. The van der Waals surface area contributed by atoms with Gasteiger partial charge in [0.25, 0.3) is 0 Å². The highest BCUT2D eigenvalue weighted by Gasteiger charge is 2.09. The Morgan fingerprint density at radius 2 is 1.59 bits per heavy atom. The average molecular weight is 358 g/mol. The molecule has 7 nitrogen and oxygen atoms in total. The molecule has 4 aromatic rings. The van der Waals surface area contributed by atoms with Crippen LogP contribution in [0.5, 0.6) is 11.5 Å². The summed E-state index contributed by atoms with van der Waals surface area (Å²) < 4.78 is 7.55. The minimum Gasteiger partial charge on any atom is -0.457 e. The lowest BCUT2D eigenvalue weighted by atomic mass is 10.2. The molecule has 0 aliphatic carbocycles. The summed E-state index contributed by atoms with van der Waals surface area (Å²) in [6.07, 6.45) is 1.83. The highest BCUT2D eigenvalue weighted by Crippen LogP contribution is 2.24. The number of rotatable bonds is 5. The Morgan fingerprint density at radius 3 is 2.33 bits per heavy atom. The van der Waals surface area contributed by atoms with Gasteiger partial charge in [0.05, 0.1) is 12.7 Å². The first-order valence-corrected chi connectivity index (χ1v) is 8.42. The Morgan fingerprint density at radius 1 is 0.852 bits per heavy atom. The molecule has 0 spiro atoms. The van der Waals surface area contributed by atoms with Gasteiger partial charge in [-0.3, -0.25) is 0 Å². The van der Waals surface area contributed by atoms with Crippen molar-refractivity contribution in [3.05, 3.63) is 78.5 Å². The van der Waals surface area contributed by atoms with Crippen LogP contribution in [-0.2, 0) is 6.54 Å². The Bertz CT molecular complexity index is 1040. The maximum absolute atomic E-state index is 5.91. The first kappa shape index (κ1) is 16.6. The molecule has 0 saturated carbocycles. The number of benzene rings is 2. The molecular weight excluding hydrogens is 340 g/mol. The lowest BCUT2D eigenvalue weighted by Gasteiger charge is -2.06. The van der Waals surface area contributed by atoms with Crippen molar-refractivity contribution in [2.45, 2.75) is 6.54 Å². The van der Waals surface area contributed by atoms with Crippen molar-refractivity contribution in [3.8, 4) is 22.8 Å². The second-order valence-corrected chi connectivity index (χ2v) is 6.03. The number of nitrogens with two attached hydrogens (primary N) is 2. The summed E-state index contributed by atoms with van der Waals surface area (Å²) >= 11 is 0. The third-order valence-corrected chi connectivity index (χ3v) is 4.01. The molecule has 0 bridgehead atoms. The normalized spacial score (nSPS) is 10.7. The Hall–Kier alpha value is -3.87. The number of aromatic nitrogens is 4. The van der Waals surface area contributed by atoms with Crippen LogP contribution in [-0.4, -0.2) is 20.0 Å². The van der Waals surface area contributed by atoms with Crippen LogP contribution in [0.25, 0.3) is 11.3 Å². The summed E-state index contributed by atoms with van der Waals surface area (Å²) in [6.45, 7) is 0.584. The topological polar surface area (TPSA) is 105 Å². The van der Waals surface area contributed by atoms with E-state index in [2.05, 4.69) is 15.3 Å². The fourth-order valence-corrected chi connectivity index (χ4v) is 2.68. The van der Waals surface area contributed by atoms with E-state index in [0.717, 1.165) is 17.1 Å². The average Bonchev–Trinajstić information content (AvgIpc) is 3.12. The molecule has 0 aliphatic heterocycles. The van der Waals surface area contributed by atoms with Crippen LogP contribution in [0, 0.1) is 0 Å². The van der Waals surface area contributed by atoms with Gasteiger partial charge in [-0.15, -0.1) is 5.10 Å². The van der Waals surface area contributed by atoms with E-state index in [-0.39, 0.29) is 0 Å². The quantitative estimate of drug-likeness (QED) is 0.567. The minimum atomic E-state index is 0.337.